The lowest BCUT2D eigenvalue weighted by Gasteiger charge is -2.20. The first-order valence-electron chi connectivity index (χ1n) is 17.6. The van der Waals surface area contributed by atoms with Gasteiger partial charge in [-0.05, 0) is 106 Å². The molecule has 0 radical (unpaired) electrons. The van der Waals surface area contributed by atoms with Crippen LogP contribution in [0, 0.1) is 0 Å². The fraction of sp³-hybridized carbons (Fsp3) is 0. The molecule has 0 N–H and O–H groups in total. The van der Waals surface area contributed by atoms with Gasteiger partial charge in [0.2, 0.25) is 0 Å². The van der Waals surface area contributed by atoms with E-state index < -0.39 is 0 Å². The van der Waals surface area contributed by atoms with Crippen molar-refractivity contribution in [3.05, 3.63) is 182 Å². The highest BCUT2D eigenvalue weighted by molar-refractivity contribution is 6.26. The van der Waals surface area contributed by atoms with Crippen molar-refractivity contribution in [1.82, 2.24) is 0 Å². The molecule has 0 fully saturated rings. The minimum Gasteiger partial charge on any atom is -0.455 e. The summed E-state index contributed by atoms with van der Waals surface area (Å²) in [6.07, 6.45) is 0. The minimum atomic E-state index is 0.911. The van der Waals surface area contributed by atoms with E-state index in [1.54, 1.807) is 0 Å². The molecule has 0 amide bonds. The number of para-hydroxylation sites is 1. The lowest BCUT2D eigenvalue weighted by molar-refractivity contribution is 0.670. The fourth-order valence-corrected chi connectivity index (χ4v) is 8.63. The Bertz CT molecular complexity index is 3140. The van der Waals surface area contributed by atoms with Crippen molar-refractivity contribution in [3.8, 4) is 33.4 Å². The number of fused-ring (bicyclic) bond motifs is 9. The lowest BCUT2D eigenvalue weighted by Crippen LogP contribution is -1.92. The van der Waals surface area contributed by atoms with E-state index in [0.29, 0.717) is 0 Å². The average molecular weight is 647 g/mol. The van der Waals surface area contributed by atoms with E-state index in [9.17, 15) is 0 Å². The fourth-order valence-electron chi connectivity index (χ4n) is 8.63. The summed E-state index contributed by atoms with van der Waals surface area (Å²) in [7, 11) is 0. The molecule has 0 aliphatic rings. The summed E-state index contributed by atoms with van der Waals surface area (Å²) in [6, 6.07) is 66.3. The molecule has 0 spiro atoms. The summed E-state index contributed by atoms with van der Waals surface area (Å²) >= 11 is 0. The number of benzene rings is 10. The molecule has 51 heavy (non-hydrogen) atoms. The van der Waals surface area contributed by atoms with Gasteiger partial charge in [-0.1, -0.05) is 158 Å². The van der Waals surface area contributed by atoms with Crippen LogP contribution in [0.1, 0.15) is 0 Å². The Hall–Kier alpha value is -6.70. The van der Waals surface area contributed by atoms with Crippen molar-refractivity contribution in [2.75, 3.05) is 0 Å². The first-order valence-corrected chi connectivity index (χ1v) is 17.6. The zero-order chi connectivity index (χ0) is 33.5. The molecule has 11 aromatic rings. The van der Waals surface area contributed by atoms with Crippen molar-refractivity contribution in [2.45, 2.75) is 0 Å². The van der Waals surface area contributed by atoms with Gasteiger partial charge in [0.05, 0.1) is 0 Å². The summed E-state index contributed by atoms with van der Waals surface area (Å²) < 4.78 is 6.66. The topological polar surface area (TPSA) is 13.1 Å². The SMILES string of the molecule is c1cc(-c2c3ccccc3c(-c3cc4ccccc4c4ccccc34)c3ccccc23)cc(-c2c3ccccc3cc3c2oc2ccccc23)c1. The molecule has 0 unspecified atom stereocenters. The third kappa shape index (κ3) is 4.16. The highest BCUT2D eigenvalue weighted by atomic mass is 16.3. The molecule has 236 valence electrons. The standard InChI is InChI=1S/C50H30O/c1-3-18-35-31(14-1)29-44(38-21-6-5-20-37(35)38)49-42-25-9-7-23-40(42)47(41-24-8-10-26-43(41)49)33-16-13-17-34(28-33)48-36-19-4-2-15-32(36)30-45-39-22-11-12-27-46(39)51-50(45)48/h1-30H. The molecular weight excluding hydrogens is 617 g/mol. The summed E-state index contributed by atoms with van der Waals surface area (Å²) in [5.41, 5.74) is 9.10. The first kappa shape index (κ1) is 28.2. The van der Waals surface area contributed by atoms with Crippen LogP contribution in [0.4, 0.5) is 0 Å². The van der Waals surface area contributed by atoms with Gasteiger partial charge < -0.3 is 4.42 Å². The van der Waals surface area contributed by atoms with E-state index in [-0.39, 0.29) is 0 Å². The van der Waals surface area contributed by atoms with Crippen molar-refractivity contribution in [2.24, 2.45) is 0 Å². The van der Waals surface area contributed by atoms with Gasteiger partial charge in [0.1, 0.15) is 11.2 Å². The summed E-state index contributed by atoms with van der Waals surface area (Å²) in [6.45, 7) is 0. The third-order valence-corrected chi connectivity index (χ3v) is 10.8. The van der Waals surface area contributed by atoms with E-state index in [1.807, 2.05) is 6.07 Å². The zero-order valence-corrected chi connectivity index (χ0v) is 27.7. The van der Waals surface area contributed by atoms with Gasteiger partial charge in [-0.3, -0.25) is 0 Å². The minimum absolute atomic E-state index is 0.911. The van der Waals surface area contributed by atoms with Crippen LogP contribution in [-0.2, 0) is 0 Å². The average Bonchev–Trinajstić information content (AvgIpc) is 3.56. The Kier molecular flexibility index (Phi) is 6.02. The predicted molar refractivity (Wildman–Crippen MR) is 218 cm³/mol. The summed E-state index contributed by atoms with van der Waals surface area (Å²) in [5, 5.41) is 14.8. The van der Waals surface area contributed by atoms with Gasteiger partial charge in [-0.15, -0.1) is 0 Å². The molecule has 11 rings (SSSR count). The number of rotatable bonds is 3. The van der Waals surface area contributed by atoms with E-state index in [2.05, 4.69) is 176 Å². The van der Waals surface area contributed by atoms with Crippen molar-refractivity contribution in [3.63, 3.8) is 0 Å². The van der Waals surface area contributed by atoms with Crippen LogP contribution >= 0.6 is 0 Å². The molecule has 0 saturated carbocycles. The number of furan rings is 1. The zero-order valence-electron chi connectivity index (χ0n) is 27.7. The molecule has 0 atom stereocenters. The van der Waals surface area contributed by atoms with Crippen LogP contribution in [0.25, 0.3) is 109 Å². The van der Waals surface area contributed by atoms with Crippen LogP contribution in [-0.4, -0.2) is 0 Å². The van der Waals surface area contributed by atoms with Gasteiger partial charge in [0.25, 0.3) is 0 Å². The molecule has 0 saturated heterocycles. The molecule has 1 aromatic heterocycles. The molecule has 1 heterocycles. The maximum atomic E-state index is 6.66. The van der Waals surface area contributed by atoms with E-state index in [0.717, 1.165) is 33.1 Å². The molecule has 1 nitrogen and oxygen atoms in total. The Labute approximate surface area is 294 Å². The molecule has 0 bridgehead atoms. The summed E-state index contributed by atoms with van der Waals surface area (Å²) in [5.74, 6) is 0. The van der Waals surface area contributed by atoms with Crippen molar-refractivity contribution < 1.29 is 4.42 Å². The van der Waals surface area contributed by atoms with Gasteiger partial charge in [0.15, 0.2) is 0 Å². The predicted octanol–water partition coefficient (Wildman–Crippen LogP) is 14.4. The second-order valence-corrected chi connectivity index (χ2v) is 13.6. The van der Waals surface area contributed by atoms with Gasteiger partial charge in [-0.2, -0.15) is 0 Å². The normalized spacial score (nSPS) is 11.9. The highest BCUT2D eigenvalue weighted by Gasteiger charge is 2.21. The van der Waals surface area contributed by atoms with Crippen molar-refractivity contribution >= 4 is 75.8 Å². The lowest BCUT2D eigenvalue weighted by atomic mass is 9.83. The van der Waals surface area contributed by atoms with Crippen LogP contribution in [0.5, 0.6) is 0 Å². The first-order chi connectivity index (χ1) is 25.3. The largest absolute Gasteiger partial charge is 0.455 e. The van der Waals surface area contributed by atoms with E-state index in [1.165, 1.54) is 76.1 Å². The highest BCUT2D eigenvalue weighted by Crippen LogP contribution is 2.48. The van der Waals surface area contributed by atoms with E-state index >= 15 is 0 Å². The molecule has 1 heteroatoms. The van der Waals surface area contributed by atoms with E-state index in [4.69, 9.17) is 4.42 Å². The van der Waals surface area contributed by atoms with Gasteiger partial charge in [-0.25, -0.2) is 0 Å². The second kappa shape index (κ2) is 10.9. The van der Waals surface area contributed by atoms with Crippen LogP contribution in [0.2, 0.25) is 0 Å². The van der Waals surface area contributed by atoms with Gasteiger partial charge >= 0.3 is 0 Å². The Morgan fingerprint density at radius 3 is 1.45 bits per heavy atom. The van der Waals surface area contributed by atoms with Crippen LogP contribution in [0.15, 0.2) is 186 Å². The number of hydrogen-bond acceptors (Lipinski definition) is 1. The Morgan fingerprint density at radius 1 is 0.275 bits per heavy atom. The maximum absolute atomic E-state index is 6.66. The van der Waals surface area contributed by atoms with Crippen LogP contribution in [0.3, 0.4) is 0 Å². The molecule has 10 aromatic carbocycles. The smallest absolute Gasteiger partial charge is 0.143 e. The Balaban J connectivity index is 1.22. The summed E-state index contributed by atoms with van der Waals surface area (Å²) in [4.78, 5) is 0. The van der Waals surface area contributed by atoms with Crippen molar-refractivity contribution in [1.29, 1.82) is 0 Å². The maximum Gasteiger partial charge on any atom is 0.143 e. The molecule has 0 aliphatic carbocycles. The molecular formula is C50H30O. The monoisotopic (exact) mass is 646 g/mol. The quantitative estimate of drug-likeness (QED) is 0.138. The third-order valence-electron chi connectivity index (χ3n) is 10.8. The van der Waals surface area contributed by atoms with Gasteiger partial charge in [0, 0.05) is 16.3 Å². The number of hydrogen-bond donors (Lipinski definition) is 0. The van der Waals surface area contributed by atoms with Crippen LogP contribution < -0.4 is 0 Å². The second-order valence-electron chi connectivity index (χ2n) is 13.6. The Morgan fingerprint density at radius 2 is 0.765 bits per heavy atom. The molecule has 0 aliphatic heterocycles.